The zero-order chi connectivity index (χ0) is 17.3. The number of halogens is 1. The van der Waals surface area contributed by atoms with Crippen molar-refractivity contribution in [2.24, 2.45) is 7.05 Å². The van der Waals surface area contributed by atoms with Gasteiger partial charge in [-0.2, -0.15) is 10.2 Å². The van der Waals surface area contributed by atoms with E-state index < -0.39 is 0 Å². The summed E-state index contributed by atoms with van der Waals surface area (Å²) in [6.07, 6.45) is 3.60. The van der Waals surface area contributed by atoms with E-state index in [1.165, 1.54) is 5.56 Å². The molecule has 3 rings (SSSR count). The van der Waals surface area contributed by atoms with E-state index in [1.54, 1.807) is 10.9 Å². The monoisotopic (exact) mass is 350 g/mol. The van der Waals surface area contributed by atoms with Crippen molar-refractivity contribution < 1.29 is 4.79 Å². The number of aryl methyl sites for hydroxylation is 3. The molecule has 2 aromatic heterocycles. The molecule has 1 fully saturated rings. The highest BCUT2D eigenvalue weighted by atomic mass is 35.5. The molecule has 1 aliphatic rings. The van der Waals surface area contributed by atoms with E-state index in [1.807, 2.05) is 30.5 Å². The second-order valence-electron chi connectivity index (χ2n) is 6.14. The van der Waals surface area contributed by atoms with Gasteiger partial charge in [0.1, 0.15) is 5.69 Å². The molecule has 1 saturated heterocycles. The second kappa shape index (κ2) is 6.94. The molecule has 0 unspecified atom stereocenters. The summed E-state index contributed by atoms with van der Waals surface area (Å²) in [6.45, 7) is 8.57. The molecule has 0 aromatic carbocycles. The van der Waals surface area contributed by atoms with Gasteiger partial charge in [-0.05, 0) is 13.8 Å². The summed E-state index contributed by atoms with van der Waals surface area (Å²) in [5, 5.41) is 8.96. The third-order valence-electron chi connectivity index (χ3n) is 4.47. The topological polar surface area (TPSA) is 59.2 Å². The Balaban J connectivity index is 1.61. The molecule has 0 aliphatic carbocycles. The number of piperazine rings is 1. The van der Waals surface area contributed by atoms with Crippen molar-refractivity contribution >= 4 is 17.5 Å². The Bertz CT molecular complexity index is 729. The molecule has 0 bridgehead atoms. The predicted octanol–water partition coefficient (Wildman–Crippen LogP) is 1.56. The maximum Gasteiger partial charge on any atom is 0.273 e. The van der Waals surface area contributed by atoms with Crippen molar-refractivity contribution in [2.45, 2.75) is 26.9 Å². The van der Waals surface area contributed by atoms with Crippen LogP contribution in [-0.2, 0) is 20.1 Å². The zero-order valence-corrected chi connectivity index (χ0v) is 15.1. The molecule has 7 nitrogen and oxygen atoms in total. The van der Waals surface area contributed by atoms with Crippen molar-refractivity contribution in [2.75, 3.05) is 26.2 Å². The maximum atomic E-state index is 12.7. The van der Waals surface area contributed by atoms with Gasteiger partial charge in [-0.15, -0.1) is 0 Å². The first-order valence-corrected chi connectivity index (χ1v) is 8.59. The van der Waals surface area contributed by atoms with Gasteiger partial charge in [0.25, 0.3) is 5.91 Å². The van der Waals surface area contributed by atoms with Crippen LogP contribution in [-0.4, -0.2) is 61.4 Å². The number of hydrogen-bond acceptors (Lipinski definition) is 4. The van der Waals surface area contributed by atoms with Crippen molar-refractivity contribution in [1.29, 1.82) is 0 Å². The van der Waals surface area contributed by atoms with Crippen LogP contribution in [0.25, 0.3) is 0 Å². The van der Waals surface area contributed by atoms with E-state index in [0.717, 1.165) is 25.3 Å². The van der Waals surface area contributed by atoms with Crippen LogP contribution in [0.15, 0.2) is 12.4 Å². The van der Waals surface area contributed by atoms with Gasteiger partial charge >= 0.3 is 0 Å². The third kappa shape index (κ3) is 3.32. The molecule has 0 atom stereocenters. The van der Waals surface area contributed by atoms with Crippen LogP contribution in [0.1, 0.15) is 28.7 Å². The van der Waals surface area contributed by atoms with E-state index >= 15 is 0 Å². The summed E-state index contributed by atoms with van der Waals surface area (Å²) in [5.74, 6) is -0.0310. The van der Waals surface area contributed by atoms with Crippen LogP contribution in [0.4, 0.5) is 0 Å². The van der Waals surface area contributed by atoms with E-state index in [-0.39, 0.29) is 5.91 Å². The minimum absolute atomic E-state index is 0.0310. The predicted molar refractivity (Wildman–Crippen MR) is 92.0 cm³/mol. The Morgan fingerprint density at radius 3 is 2.58 bits per heavy atom. The van der Waals surface area contributed by atoms with Crippen molar-refractivity contribution in [3.8, 4) is 0 Å². The molecule has 0 saturated carbocycles. The lowest BCUT2D eigenvalue weighted by Gasteiger charge is -2.34. The Hall–Kier alpha value is -1.86. The molecular formula is C16H23ClN6O. The van der Waals surface area contributed by atoms with E-state index in [0.29, 0.717) is 30.4 Å². The summed E-state index contributed by atoms with van der Waals surface area (Å²) < 4.78 is 3.51. The van der Waals surface area contributed by atoms with Crippen LogP contribution < -0.4 is 0 Å². The molecule has 0 N–H and O–H groups in total. The highest BCUT2D eigenvalue weighted by molar-refractivity contribution is 6.33. The minimum Gasteiger partial charge on any atom is -0.335 e. The summed E-state index contributed by atoms with van der Waals surface area (Å²) >= 11 is 6.14. The zero-order valence-electron chi connectivity index (χ0n) is 14.4. The normalized spacial score (nSPS) is 15.9. The number of hydrogen-bond donors (Lipinski definition) is 0. The number of rotatable bonds is 4. The average Bonchev–Trinajstić information content (AvgIpc) is 3.09. The van der Waals surface area contributed by atoms with E-state index in [9.17, 15) is 4.79 Å². The van der Waals surface area contributed by atoms with Gasteiger partial charge in [0.15, 0.2) is 0 Å². The Morgan fingerprint density at radius 2 is 2.00 bits per heavy atom. The van der Waals surface area contributed by atoms with Crippen molar-refractivity contribution in [3.63, 3.8) is 0 Å². The van der Waals surface area contributed by atoms with Gasteiger partial charge in [0, 0.05) is 58.1 Å². The summed E-state index contributed by atoms with van der Waals surface area (Å²) in [7, 11) is 1.94. The number of nitrogens with zero attached hydrogens (tertiary/aromatic N) is 6. The van der Waals surface area contributed by atoms with Gasteiger partial charge in [0.05, 0.1) is 16.9 Å². The molecule has 130 valence electrons. The third-order valence-corrected chi connectivity index (χ3v) is 4.74. The van der Waals surface area contributed by atoms with Crippen LogP contribution in [0, 0.1) is 6.92 Å². The van der Waals surface area contributed by atoms with Crippen LogP contribution in [0.2, 0.25) is 5.02 Å². The number of carbonyl (C=O) groups excluding carboxylic acids is 1. The Morgan fingerprint density at radius 1 is 1.29 bits per heavy atom. The van der Waals surface area contributed by atoms with Gasteiger partial charge < -0.3 is 4.90 Å². The number of amides is 1. The first-order valence-electron chi connectivity index (χ1n) is 8.21. The lowest BCUT2D eigenvalue weighted by molar-refractivity contribution is 0.0616. The van der Waals surface area contributed by atoms with Crippen LogP contribution in [0.3, 0.4) is 0 Å². The number of aromatic nitrogens is 4. The van der Waals surface area contributed by atoms with Crippen LogP contribution >= 0.6 is 11.6 Å². The summed E-state index contributed by atoms with van der Waals surface area (Å²) in [5.41, 5.74) is 2.80. The van der Waals surface area contributed by atoms with Gasteiger partial charge in [0.2, 0.25) is 0 Å². The highest BCUT2D eigenvalue weighted by Crippen LogP contribution is 2.19. The maximum absolute atomic E-state index is 12.7. The Labute approximate surface area is 146 Å². The molecule has 1 amide bonds. The Kier molecular flexibility index (Phi) is 4.91. The number of carbonyl (C=O) groups is 1. The lowest BCUT2D eigenvalue weighted by atomic mass is 10.2. The summed E-state index contributed by atoms with van der Waals surface area (Å²) in [6, 6.07) is 0. The quantitative estimate of drug-likeness (QED) is 0.839. The van der Waals surface area contributed by atoms with Gasteiger partial charge in [-0.1, -0.05) is 11.6 Å². The lowest BCUT2D eigenvalue weighted by Crippen LogP contribution is -2.48. The fraction of sp³-hybridized carbons (Fsp3) is 0.562. The molecule has 8 heteroatoms. The molecule has 1 aliphatic heterocycles. The fourth-order valence-corrected chi connectivity index (χ4v) is 3.34. The minimum atomic E-state index is -0.0310. The molecule has 3 heterocycles. The van der Waals surface area contributed by atoms with Gasteiger partial charge in [-0.3, -0.25) is 19.1 Å². The van der Waals surface area contributed by atoms with E-state index in [2.05, 4.69) is 21.3 Å². The van der Waals surface area contributed by atoms with E-state index in [4.69, 9.17) is 11.6 Å². The second-order valence-corrected chi connectivity index (χ2v) is 6.55. The van der Waals surface area contributed by atoms with Crippen molar-refractivity contribution in [1.82, 2.24) is 29.4 Å². The standard InChI is InChI=1S/C16H23ClN6O/c1-4-23-15(14(17)9-18-23)16(24)22-7-5-21(6-8-22)11-13-10-20(3)19-12(13)2/h9-10H,4-8,11H2,1-3H3. The molecule has 2 aromatic rings. The molecule has 0 spiro atoms. The van der Waals surface area contributed by atoms with Gasteiger partial charge in [-0.25, -0.2) is 0 Å². The highest BCUT2D eigenvalue weighted by Gasteiger charge is 2.26. The first-order chi connectivity index (χ1) is 11.5. The summed E-state index contributed by atoms with van der Waals surface area (Å²) in [4.78, 5) is 16.9. The largest absolute Gasteiger partial charge is 0.335 e. The average molecular weight is 351 g/mol. The fourth-order valence-electron chi connectivity index (χ4n) is 3.12. The SMILES string of the molecule is CCn1ncc(Cl)c1C(=O)N1CCN(Cc2cn(C)nc2C)CC1. The molecule has 24 heavy (non-hydrogen) atoms. The van der Waals surface area contributed by atoms with Crippen LogP contribution in [0.5, 0.6) is 0 Å². The smallest absolute Gasteiger partial charge is 0.273 e. The molecule has 0 radical (unpaired) electrons. The molecular weight excluding hydrogens is 328 g/mol. The first kappa shape index (κ1) is 17.0. The van der Waals surface area contributed by atoms with Crippen molar-refractivity contribution in [3.05, 3.63) is 34.4 Å².